The maximum absolute atomic E-state index is 12.7. The Morgan fingerprint density at radius 3 is 2.19 bits per heavy atom. The van der Waals surface area contributed by atoms with Crippen molar-refractivity contribution in [3.05, 3.63) is 42.2 Å². The maximum Gasteiger partial charge on any atom is 0.319 e. The zero-order valence-corrected chi connectivity index (χ0v) is 18.3. The summed E-state index contributed by atoms with van der Waals surface area (Å²) in [4.78, 5) is 20.7. The van der Waals surface area contributed by atoms with Gasteiger partial charge >= 0.3 is 6.03 Å². The van der Waals surface area contributed by atoms with Crippen molar-refractivity contribution in [3.8, 4) is 0 Å². The van der Waals surface area contributed by atoms with Crippen molar-refractivity contribution in [3.63, 3.8) is 0 Å². The summed E-state index contributed by atoms with van der Waals surface area (Å²) in [5.41, 5.74) is 1.14. The lowest BCUT2D eigenvalue weighted by molar-refractivity contribution is -0.0127. The predicted octanol–water partition coefficient (Wildman–Crippen LogP) is 3.68. The number of aromatic nitrogens is 2. The molecule has 31 heavy (non-hydrogen) atoms. The van der Waals surface area contributed by atoms with Gasteiger partial charge in [0.25, 0.3) is 10.0 Å². The van der Waals surface area contributed by atoms with Crippen LogP contribution in [0.1, 0.15) is 44.2 Å². The first-order valence-corrected chi connectivity index (χ1v) is 12.3. The molecule has 4 saturated carbocycles. The lowest BCUT2D eigenvalue weighted by Crippen LogP contribution is -2.60. The number of aryl methyl sites for hydroxylation is 1. The van der Waals surface area contributed by atoms with Crippen LogP contribution in [0.5, 0.6) is 0 Å². The van der Waals surface area contributed by atoms with Gasteiger partial charge in [-0.05, 0) is 93.5 Å². The van der Waals surface area contributed by atoms with E-state index in [0.29, 0.717) is 11.4 Å². The molecule has 8 nitrogen and oxygen atoms in total. The van der Waals surface area contributed by atoms with Crippen LogP contribution in [0.4, 0.5) is 16.4 Å². The largest absolute Gasteiger partial charge is 0.332 e. The number of amides is 2. The highest BCUT2D eigenvalue weighted by Crippen LogP contribution is 2.55. The van der Waals surface area contributed by atoms with E-state index in [0.717, 1.165) is 37.0 Å². The van der Waals surface area contributed by atoms with Crippen LogP contribution in [0.2, 0.25) is 0 Å². The second kappa shape index (κ2) is 7.47. The van der Waals surface area contributed by atoms with Gasteiger partial charge in [-0.3, -0.25) is 0 Å². The normalized spacial score (nSPS) is 28.9. The van der Waals surface area contributed by atoms with Crippen LogP contribution in [0.3, 0.4) is 0 Å². The molecule has 1 aromatic carbocycles. The number of nitrogens with zero attached hydrogens (tertiary/aromatic N) is 2. The fraction of sp³-hybridized carbons (Fsp3) is 0.500. The van der Waals surface area contributed by atoms with Crippen LogP contribution in [-0.4, -0.2) is 30.0 Å². The Bertz CT molecular complexity index is 1070. The summed E-state index contributed by atoms with van der Waals surface area (Å²) in [6.07, 6.45) is 8.69. The van der Waals surface area contributed by atoms with E-state index in [4.69, 9.17) is 0 Å². The van der Waals surface area contributed by atoms with Crippen molar-refractivity contribution >= 4 is 27.7 Å². The standard InChI is InChI=1S/C22H27N5O3S/c1-14-6-7-23-20(24-14)27-31(29,30)19-4-2-18(3-5-19)25-21(28)26-22-11-15-8-16(12-22)10-17(9-15)13-22/h2-7,15-17H,8-13H2,1H3,(H,23,24,27)(H2,25,26,28). The molecule has 0 atom stereocenters. The van der Waals surface area contributed by atoms with Gasteiger partial charge in [-0.15, -0.1) is 0 Å². The molecule has 4 bridgehead atoms. The van der Waals surface area contributed by atoms with E-state index in [1.807, 2.05) is 0 Å². The minimum Gasteiger partial charge on any atom is -0.332 e. The molecule has 6 rings (SSSR count). The summed E-state index contributed by atoms with van der Waals surface area (Å²) < 4.78 is 27.5. The molecule has 4 fully saturated rings. The lowest BCUT2D eigenvalue weighted by atomic mass is 9.53. The third kappa shape index (κ3) is 4.23. The van der Waals surface area contributed by atoms with Gasteiger partial charge in [0.2, 0.25) is 5.95 Å². The van der Waals surface area contributed by atoms with Gasteiger partial charge in [-0.2, -0.15) is 0 Å². The molecule has 0 radical (unpaired) electrons. The van der Waals surface area contributed by atoms with Crippen LogP contribution in [0, 0.1) is 24.7 Å². The molecule has 0 unspecified atom stereocenters. The second-order valence-electron chi connectivity index (χ2n) is 9.43. The van der Waals surface area contributed by atoms with Gasteiger partial charge in [0.05, 0.1) is 4.90 Å². The SMILES string of the molecule is Cc1ccnc(NS(=O)(=O)c2ccc(NC(=O)NC34CC5CC(CC(C5)C3)C4)cc2)n1. The van der Waals surface area contributed by atoms with Gasteiger partial charge in [0.1, 0.15) is 0 Å². The van der Waals surface area contributed by atoms with E-state index in [-0.39, 0.29) is 22.4 Å². The molecule has 2 amide bonds. The Kier molecular flexibility index (Phi) is 4.88. The molecule has 0 saturated heterocycles. The first kappa shape index (κ1) is 20.2. The molecule has 3 N–H and O–H groups in total. The van der Waals surface area contributed by atoms with Crippen molar-refractivity contribution in [2.75, 3.05) is 10.0 Å². The lowest BCUT2D eigenvalue weighted by Gasteiger charge is -2.56. The Balaban J connectivity index is 1.23. The van der Waals surface area contributed by atoms with Crippen LogP contribution >= 0.6 is 0 Å². The molecular formula is C22H27N5O3S. The summed E-state index contributed by atoms with van der Waals surface area (Å²) in [5, 5.41) is 6.12. The number of hydrogen-bond donors (Lipinski definition) is 3. The quantitative estimate of drug-likeness (QED) is 0.655. The van der Waals surface area contributed by atoms with E-state index < -0.39 is 10.0 Å². The number of sulfonamides is 1. The molecule has 9 heteroatoms. The van der Waals surface area contributed by atoms with Crippen LogP contribution in [0.15, 0.2) is 41.4 Å². The average Bonchev–Trinajstić information content (AvgIpc) is 2.66. The first-order chi connectivity index (χ1) is 14.8. The molecular weight excluding hydrogens is 414 g/mol. The van der Waals surface area contributed by atoms with Gasteiger partial charge in [0.15, 0.2) is 0 Å². The minimum atomic E-state index is -3.81. The van der Waals surface area contributed by atoms with Gasteiger partial charge in [-0.25, -0.2) is 27.9 Å². The molecule has 0 spiro atoms. The van der Waals surface area contributed by atoms with Gasteiger partial charge < -0.3 is 10.6 Å². The number of hydrogen-bond acceptors (Lipinski definition) is 5. The molecule has 4 aliphatic rings. The zero-order chi connectivity index (χ0) is 21.6. The first-order valence-electron chi connectivity index (χ1n) is 10.8. The summed E-state index contributed by atoms with van der Waals surface area (Å²) in [5.74, 6) is 2.28. The highest BCUT2D eigenvalue weighted by molar-refractivity contribution is 7.92. The van der Waals surface area contributed by atoms with E-state index in [1.54, 1.807) is 25.1 Å². The number of carbonyl (C=O) groups is 1. The fourth-order valence-electron chi connectivity index (χ4n) is 6.06. The second-order valence-corrected chi connectivity index (χ2v) is 11.1. The maximum atomic E-state index is 12.7. The fourth-order valence-corrected chi connectivity index (χ4v) is 7.01. The summed E-state index contributed by atoms with van der Waals surface area (Å²) >= 11 is 0. The molecule has 164 valence electrons. The van der Waals surface area contributed by atoms with Crippen molar-refractivity contribution in [2.45, 2.75) is 55.9 Å². The van der Waals surface area contributed by atoms with Gasteiger partial charge in [0, 0.05) is 23.1 Å². The van der Waals surface area contributed by atoms with E-state index >= 15 is 0 Å². The Morgan fingerprint density at radius 1 is 1.00 bits per heavy atom. The number of anilines is 2. The smallest absolute Gasteiger partial charge is 0.319 e. The molecule has 0 aliphatic heterocycles. The summed E-state index contributed by atoms with van der Waals surface area (Å²) in [7, 11) is -3.81. The summed E-state index contributed by atoms with van der Waals surface area (Å²) in [6, 6.07) is 7.56. The molecule has 1 heterocycles. The average molecular weight is 442 g/mol. The number of nitrogens with one attached hydrogen (secondary N) is 3. The van der Waals surface area contributed by atoms with Crippen molar-refractivity contribution in [2.24, 2.45) is 17.8 Å². The third-order valence-electron chi connectivity index (χ3n) is 6.86. The molecule has 2 aromatic rings. The van der Waals surface area contributed by atoms with Crippen molar-refractivity contribution in [1.82, 2.24) is 15.3 Å². The zero-order valence-electron chi connectivity index (χ0n) is 17.5. The van der Waals surface area contributed by atoms with Gasteiger partial charge in [-0.1, -0.05) is 0 Å². The molecule has 1 aromatic heterocycles. The minimum absolute atomic E-state index is 0.0251. The Labute approximate surface area is 182 Å². The van der Waals surface area contributed by atoms with Crippen LogP contribution in [-0.2, 0) is 10.0 Å². The van der Waals surface area contributed by atoms with E-state index in [1.165, 1.54) is 37.6 Å². The van der Waals surface area contributed by atoms with Crippen molar-refractivity contribution < 1.29 is 13.2 Å². The van der Waals surface area contributed by atoms with Crippen molar-refractivity contribution in [1.29, 1.82) is 0 Å². The summed E-state index contributed by atoms with van der Waals surface area (Å²) in [6.45, 7) is 1.76. The number of rotatable bonds is 5. The Morgan fingerprint density at radius 2 is 1.61 bits per heavy atom. The Hall–Kier alpha value is -2.68. The van der Waals surface area contributed by atoms with E-state index in [2.05, 4.69) is 25.3 Å². The predicted molar refractivity (Wildman–Crippen MR) is 117 cm³/mol. The third-order valence-corrected chi connectivity index (χ3v) is 8.20. The van der Waals surface area contributed by atoms with Crippen LogP contribution < -0.4 is 15.4 Å². The van der Waals surface area contributed by atoms with Crippen LogP contribution in [0.25, 0.3) is 0 Å². The highest BCUT2D eigenvalue weighted by Gasteiger charge is 2.51. The topological polar surface area (TPSA) is 113 Å². The molecule has 4 aliphatic carbocycles. The highest BCUT2D eigenvalue weighted by atomic mass is 32.2. The monoisotopic (exact) mass is 441 g/mol. The number of urea groups is 1. The number of carbonyl (C=O) groups excluding carboxylic acids is 1. The number of benzene rings is 1. The van der Waals surface area contributed by atoms with E-state index in [9.17, 15) is 13.2 Å².